The van der Waals surface area contributed by atoms with Crippen LogP contribution in [0.3, 0.4) is 0 Å². The van der Waals surface area contributed by atoms with Crippen molar-refractivity contribution in [3.05, 3.63) is 12.7 Å². The summed E-state index contributed by atoms with van der Waals surface area (Å²) < 4.78 is 0. The van der Waals surface area contributed by atoms with Crippen LogP contribution in [-0.2, 0) is 0 Å². The van der Waals surface area contributed by atoms with Gasteiger partial charge in [0.2, 0.25) is 0 Å². The largest absolute Gasteiger partial charge is 0.314 e. The van der Waals surface area contributed by atoms with Gasteiger partial charge in [-0.25, -0.2) is 0 Å². The molecule has 0 aliphatic rings. The van der Waals surface area contributed by atoms with Crippen LogP contribution in [0, 0.1) is 0 Å². The second-order valence-corrected chi connectivity index (χ2v) is 3.88. The van der Waals surface area contributed by atoms with Gasteiger partial charge in [-0.05, 0) is 53.4 Å². The van der Waals surface area contributed by atoms with Crippen molar-refractivity contribution in [2.75, 3.05) is 27.2 Å². The molecule has 0 spiro atoms. The van der Waals surface area contributed by atoms with Gasteiger partial charge in [0.05, 0.1) is 0 Å². The maximum absolute atomic E-state index is 3.72. The van der Waals surface area contributed by atoms with E-state index in [0.717, 1.165) is 13.0 Å². The maximum Gasteiger partial charge on any atom is 0.00416 e. The minimum absolute atomic E-state index is 0.625. The van der Waals surface area contributed by atoms with Crippen LogP contribution in [0.15, 0.2) is 12.7 Å². The van der Waals surface area contributed by atoms with Crippen LogP contribution < -0.4 is 5.32 Å². The van der Waals surface area contributed by atoms with Gasteiger partial charge in [0.1, 0.15) is 0 Å². The third-order valence-electron chi connectivity index (χ3n) is 2.08. The standard InChI is InChI=1S/C11H24N2/c1-5-6-8-11(2)12-9-7-10-13(3)4/h5,11-12H,1,6-10H2,2-4H3. The molecule has 0 bridgehead atoms. The third kappa shape index (κ3) is 9.57. The molecular formula is C11H24N2. The Balaban J connectivity index is 3.16. The molecule has 2 nitrogen and oxygen atoms in total. The van der Waals surface area contributed by atoms with E-state index in [-0.39, 0.29) is 0 Å². The summed E-state index contributed by atoms with van der Waals surface area (Å²) in [4.78, 5) is 2.22. The van der Waals surface area contributed by atoms with Gasteiger partial charge in [-0.3, -0.25) is 0 Å². The Morgan fingerprint density at radius 3 is 2.69 bits per heavy atom. The van der Waals surface area contributed by atoms with E-state index in [1.165, 1.54) is 19.4 Å². The highest BCUT2D eigenvalue weighted by atomic mass is 15.1. The van der Waals surface area contributed by atoms with Gasteiger partial charge in [0, 0.05) is 6.04 Å². The highest BCUT2D eigenvalue weighted by Gasteiger charge is 1.98. The highest BCUT2D eigenvalue weighted by molar-refractivity contribution is 4.70. The van der Waals surface area contributed by atoms with Gasteiger partial charge in [-0.2, -0.15) is 0 Å². The van der Waals surface area contributed by atoms with E-state index >= 15 is 0 Å². The van der Waals surface area contributed by atoms with Crippen molar-refractivity contribution >= 4 is 0 Å². The van der Waals surface area contributed by atoms with Gasteiger partial charge in [0.25, 0.3) is 0 Å². The lowest BCUT2D eigenvalue weighted by Gasteiger charge is -2.14. The molecule has 0 fully saturated rings. The zero-order valence-corrected chi connectivity index (χ0v) is 9.34. The lowest BCUT2D eigenvalue weighted by molar-refractivity contribution is 0.386. The first-order chi connectivity index (χ1) is 6.16. The molecule has 0 saturated heterocycles. The molecule has 1 atom stereocenters. The van der Waals surface area contributed by atoms with Crippen molar-refractivity contribution in [3.63, 3.8) is 0 Å². The first-order valence-electron chi connectivity index (χ1n) is 5.15. The van der Waals surface area contributed by atoms with E-state index in [1.54, 1.807) is 0 Å². The van der Waals surface area contributed by atoms with Crippen molar-refractivity contribution in [1.82, 2.24) is 10.2 Å². The minimum Gasteiger partial charge on any atom is -0.314 e. The first kappa shape index (κ1) is 12.7. The summed E-state index contributed by atoms with van der Waals surface area (Å²) in [5, 5.41) is 3.50. The summed E-state index contributed by atoms with van der Waals surface area (Å²) in [5.74, 6) is 0. The molecule has 0 heterocycles. The predicted molar refractivity (Wildman–Crippen MR) is 60.1 cm³/mol. The SMILES string of the molecule is C=CCCC(C)NCCCN(C)C. The van der Waals surface area contributed by atoms with Crippen LogP contribution in [0.25, 0.3) is 0 Å². The molecule has 78 valence electrons. The zero-order valence-electron chi connectivity index (χ0n) is 9.34. The summed E-state index contributed by atoms with van der Waals surface area (Å²) in [6, 6.07) is 0.625. The smallest absolute Gasteiger partial charge is 0.00416 e. The summed E-state index contributed by atoms with van der Waals surface area (Å²) in [5.41, 5.74) is 0. The number of hydrogen-bond donors (Lipinski definition) is 1. The Morgan fingerprint density at radius 1 is 1.46 bits per heavy atom. The van der Waals surface area contributed by atoms with Crippen molar-refractivity contribution in [2.45, 2.75) is 32.2 Å². The van der Waals surface area contributed by atoms with Crippen LogP contribution in [0.4, 0.5) is 0 Å². The molecular weight excluding hydrogens is 160 g/mol. The molecule has 0 rings (SSSR count). The van der Waals surface area contributed by atoms with E-state index in [4.69, 9.17) is 0 Å². The molecule has 1 unspecified atom stereocenters. The molecule has 0 saturated carbocycles. The number of nitrogens with one attached hydrogen (secondary N) is 1. The molecule has 0 aliphatic heterocycles. The van der Waals surface area contributed by atoms with Crippen molar-refractivity contribution in [3.8, 4) is 0 Å². The van der Waals surface area contributed by atoms with Crippen LogP contribution in [0.2, 0.25) is 0 Å². The van der Waals surface area contributed by atoms with Crippen LogP contribution in [0.1, 0.15) is 26.2 Å². The number of rotatable bonds is 8. The average Bonchev–Trinajstić information content (AvgIpc) is 2.08. The van der Waals surface area contributed by atoms with E-state index in [2.05, 4.69) is 37.8 Å². The lowest BCUT2D eigenvalue weighted by atomic mass is 10.2. The molecule has 2 heteroatoms. The molecule has 0 radical (unpaired) electrons. The first-order valence-corrected chi connectivity index (χ1v) is 5.15. The highest BCUT2D eigenvalue weighted by Crippen LogP contribution is 1.96. The van der Waals surface area contributed by atoms with Crippen molar-refractivity contribution < 1.29 is 0 Å². The second kappa shape index (κ2) is 8.27. The van der Waals surface area contributed by atoms with Gasteiger partial charge in [-0.1, -0.05) is 6.08 Å². The maximum atomic E-state index is 3.72. The lowest BCUT2D eigenvalue weighted by Crippen LogP contribution is -2.28. The van der Waals surface area contributed by atoms with E-state index in [0.29, 0.717) is 6.04 Å². The Hall–Kier alpha value is -0.340. The van der Waals surface area contributed by atoms with Gasteiger partial charge < -0.3 is 10.2 Å². The Kier molecular flexibility index (Phi) is 8.05. The molecule has 1 N–H and O–H groups in total. The Morgan fingerprint density at radius 2 is 2.15 bits per heavy atom. The van der Waals surface area contributed by atoms with Crippen molar-refractivity contribution in [2.24, 2.45) is 0 Å². The number of nitrogens with zero attached hydrogens (tertiary/aromatic N) is 1. The van der Waals surface area contributed by atoms with Gasteiger partial charge >= 0.3 is 0 Å². The van der Waals surface area contributed by atoms with Crippen molar-refractivity contribution in [1.29, 1.82) is 0 Å². The Labute approximate surface area is 83.0 Å². The molecule has 0 amide bonds. The quantitative estimate of drug-likeness (QED) is 0.458. The zero-order chi connectivity index (χ0) is 10.1. The van der Waals surface area contributed by atoms with Gasteiger partial charge in [0.15, 0.2) is 0 Å². The fourth-order valence-electron chi connectivity index (χ4n) is 1.21. The summed E-state index contributed by atoms with van der Waals surface area (Å²) in [6.07, 6.45) is 5.52. The number of hydrogen-bond acceptors (Lipinski definition) is 2. The summed E-state index contributed by atoms with van der Waals surface area (Å²) in [6.45, 7) is 8.24. The van der Waals surface area contributed by atoms with E-state index in [1.807, 2.05) is 6.08 Å². The van der Waals surface area contributed by atoms with E-state index in [9.17, 15) is 0 Å². The minimum atomic E-state index is 0.625. The molecule has 13 heavy (non-hydrogen) atoms. The van der Waals surface area contributed by atoms with Gasteiger partial charge in [-0.15, -0.1) is 6.58 Å². The van der Waals surface area contributed by atoms with Crippen LogP contribution >= 0.6 is 0 Å². The second-order valence-electron chi connectivity index (χ2n) is 3.88. The normalized spacial score (nSPS) is 13.2. The van der Waals surface area contributed by atoms with Crippen LogP contribution in [0.5, 0.6) is 0 Å². The fourth-order valence-corrected chi connectivity index (χ4v) is 1.21. The third-order valence-corrected chi connectivity index (χ3v) is 2.08. The summed E-state index contributed by atoms with van der Waals surface area (Å²) in [7, 11) is 4.22. The van der Waals surface area contributed by atoms with Crippen LogP contribution in [-0.4, -0.2) is 38.1 Å². The summed E-state index contributed by atoms with van der Waals surface area (Å²) >= 11 is 0. The topological polar surface area (TPSA) is 15.3 Å². The molecule has 0 aliphatic carbocycles. The fraction of sp³-hybridized carbons (Fsp3) is 0.818. The molecule has 0 aromatic carbocycles. The average molecular weight is 184 g/mol. The Bertz CT molecular complexity index is 121. The predicted octanol–water partition coefficient (Wildman–Crippen LogP) is 1.88. The monoisotopic (exact) mass is 184 g/mol. The molecule has 0 aromatic rings. The number of allylic oxidation sites excluding steroid dienone is 1. The van der Waals surface area contributed by atoms with E-state index < -0.39 is 0 Å². The molecule has 0 aromatic heterocycles.